The Kier molecular flexibility index (Phi) is 8.06. The molecule has 1 fully saturated rings. The summed E-state index contributed by atoms with van der Waals surface area (Å²) in [5.41, 5.74) is 7.31. The normalized spacial score (nSPS) is 14.6. The van der Waals surface area contributed by atoms with Crippen LogP contribution in [-0.2, 0) is 4.79 Å². The summed E-state index contributed by atoms with van der Waals surface area (Å²) in [4.78, 5) is 27.8. The molecule has 4 rings (SSSR count). The fourth-order valence-electron chi connectivity index (χ4n) is 4.44. The van der Waals surface area contributed by atoms with Gasteiger partial charge in [-0.05, 0) is 48.6 Å². The number of rotatable bonds is 12. The number of primary amides is 1. The highest BCUT2D eigenvalue weighted by Crippen LogP contribution is 2.46. The molecule has 1 saturated carbocycles. The van der Waals surface area contributed by atoms with Gasteiger partial charge < -0.3 is 15.6 Å². The first-order chi connectivity index (χ1) is 17.4. The Bertz CT molecular complexity index is 1170. The van der Waals surface area contributed by atoms with E-state index >= 15 is 0 Å². The lowest BCUT2D eigenvalue weighted by Gasteiger charge is -2.35. The Balaban J connectivity index is 1.63. The number of hydrogen-bond donors (Lipinski definition) is 2. The number of unbranched alkanes of at least 4 members (excludes halogenated alkanes) is 3. The first-order valence-electron chi connectivity index (χ1n) is 12.7. The fraction of sp³-hybridized carbons (Fsp3) is 0.333. The molecular formula is C30H34N2O4. The molecule has 0 aliphatic heterocycles. The zero-order valence-corrected chi connectivity index (χ0v) is 20.7. The number of benzene rings is 3. The summed E-state index contributed by atoms with van der Waals surface area (Å²) in [5, 5.41) is 11.2. The highest BCUT2D eigenvalue weighted by molar-refractivity contribution is 5.99. The van der Waals surface area contributed by atoms with Gasteiger partial charge in [0.05, 0.1) is 6.61 Å². The molecule has 0 bridgehead atoms. The second kappa shape index (κ2) is 11.4. The van der Waals surface area contributed by atoms with Gasteiger partial charge in [-0.1, -0.05) is 86.8 Å². The molecule has 3 aromatic carbocycles. The van der Waals surface area contributed by atoms with Crippen LogP contribution in [0.15, 0.2) is 78.9 Å². The monoisotopic (exact) mass is 486 g/mol. The zero-order chi connectivity index (χ0) is 25.5. The van der Waals surface area contributed by atoms with Crippen molar-refractivity contribution in [3.63, 3.8) is 0 Å². The Morgan fingerprint density at radius 2 is 1.56 bits per heavy atom. The van der Waals surface area contributed by atoms with Crippen LogP contribution in [0.2, 0.25) is 0 Å². The molecule has 3 N–H and O–H groups in total. The van der Waals surface area contributed by atoms with Gasteiger partial charge in [-0.3, -0.25) is 14.5 Å². The molecule has 188 valence electrons. The van der Waals surface area contributed by atoms with Gasteiger partial charge in [0, 0.05) is 11.1 Å². The third-order valence-electron chi connectivity index (χ3n) is 6.60. The Morgan fingerprint density at radius 3 is 2.19 bits per heavy atom. The van der Waals surface area contributed by atoms with Gasteiger partial charge in [-0.15, -0.1) is 0 Å². The third kappa shape index (κ3) is 5.77. The number of nitrogens with zero attached hydrogens (tertiary/aromatic N) is 1. The summed E-state index contributed by atoms with van der Waals surface area (Å²) >= 11 is 0. The second-order valence-electron chi connectivity index (χ2n) is 9.35. The lowest BCUT2D eigenvalue weighted by molar-refractivity contribution is -0.128. The molecule has 1 atom stereocenters. The van der Waals surface area contributed by atoms with Gasteiger partial charge in [0.1, 0.15) is 17.5 Å². The molecule has 1 aliphatic rings. The maximum Gasteiger partial charge on any atom is 0.257 e. The maximum absolute atomic E-state index is 13.8. The van der Waals surface area contributed by atoms with Crippen LogP contribution < -0.4 is 10.5 Å². The Hall–Kier alpha value is -3.64. The molecule has 0 spiro atoms. The van der Waals surface area contributed by atoms with Gasteiger partial charge in [-0.25, -0.2) is 0 Å². The van der Waals surface area contributed by atoms with Crippen molar-refractivity contribution < 1.29 is 19.4 Å². The van der Waals surface area contributed by atoms with E-state index in [4.69, 9.17) is 10.5 Å². The Morgan fingerprint density at radius 1 is 0.917 bits per heavy atom. The fourth-order valence-corrected chi connectivity index (χ4v) is 4.44. The molecule has 36 heavy (non-hydrogen) atoms. The van der Waals surface area contributed by atoms with Gasteiger partial charge in [-0.2, -0.15) is 0 Å². The first kappa shape index (κ1) is 25.5. The van der Waals surface area contributed by atoms with Crippen LogP contribution >= 0.6 is 0 Å². The minimum Gasteiger partial charge on any atom is -0.493 e. The van der Waals surface area contributed by atoms with Crippen LogP contribution in [-0.4, -0.2) is 34.2 Å². The summed E-state index contributed by atoms with van der Waals surface area (Å²) < 4.78 is 6.02. The minimum atomic E-state index is -1.43. The molecule has 0 radical (unpaired) electrons. The number of amides is 2. The largest absolute Gasteiger partial charge is 0.493 e. The number of nitrogens with two attached hydrogens (primary N) is 1. The SMILES string of the molecule is CCCCCCOc1ccccc1C(C(N)=O)N(C(=O)c1ccc(-c2ccccc2)cc1)C1(O)CC1. The van der Waals surface area contributed by atoms with E-state index in [2.05, 4.69) is 6.92 Å². The van der Waals surface area contributed by atoms with E-state index in [0.29, 0.717) is 36.3 Å². The van der Waals surface area contributed by atoms with Crippen LogP contribution in [0.25, 0.3) is 11.1 Å². The standard InChI is InChI=1S/C30H34N2O4/c1-2-3-4-10-21-36-26-14-9-8-13-25(26)27(28(31)33)32(30(35)19-20-30)29(34)24-17-15-23(16-18-24)22-11-6-5-7-12-22/h5-9,11-18,27,35H,2-4,10,19-21H2,1H3,(H2,31,33). The smallest absolute Gasteiger partial charge is 0.257 e. The molecule has 1 unspecified atom stereocenters. The third-order valence-corrected chi connectivity index (χ3v) is 6.60. The van der Waals surface area contributed by atoms with E-state index in [0.717, 1.165) is 36.8 Å². The molecule has 6 heteroatoms. The lowest BCUT2D eigenvalue weighted by Crippen LogP contribution is -2.49. The number of carbonyl (C=O) groups excluding carboxylic acids is 2. The molecular weight excluding hydrogens is 452 g/mol. The topological polar surface area (TPSA) is 92.9 Å². The van der Waals surface area contributed by atoms with E-state index in [-0.39, 0.29) is 0 Å². The van der Waals surface area contributed by atoms with Crippen LogP contribution in [0.1, 0.15) is 67.4 Å². The van der Waals surface area contributed by atoms with Gasteiger partial charge in [0.25, 0.3) is 5.91 Å². The predicted molar refractivity (Wildman–Crippen MR) is 140 cm³/mol. The predicted octanol–water partition coefficient (Wildman–Crippen LogP) is 5.46. The van der Waals surface area contributed by atoms with Gasteiger partial charge in [0.15, 0.2) is 0 Å². The number of carbonyl (C=O) groups is 2. The van der Waals surface area contributed by atoms with E-state index in [9.17, 15) is 14.7 Å². The van der Waals surface area contributed by atoms with E-state index in [1.807, 2.05) is 48.5 Å². The summed E-state index contributed by atoms with van der Waals surface area (Å²) in [6, 6.07) is 23.0. The van der Waals surface area contributed by atoms with Crippen LogP contribution in [0.5, 0.6) is 5.75 Å². The Labute approximate surface area is 212 Å². The van der Waals surface area contributed by atoms with Gasteiger partial charge >= 0.3 is 0 Å². The van der Waals surface area contributed by atoms with Crippen LogP contribution in [0, 0.1) is 0 Å². The van der Waals surface area contributed by atoms with Crippen molar-refractivity contribution in [2.75, 3.05) is 6.61 Å². The highest BCUT2D eigenvalue weighted by Gasteiger charge is 2.53. The molecule has 2 amide bonds. The molecule has 3 aromatic rings. The molecule has 6 nitrogen and oxygen atoms in total. The van der Waals surface area contributed by atoms with Crippen molar-refractivity contribution in [3.8, 4) is 16.9 Å². The van der Waals surface area contributed by atoms with Gasteiger partial charge in [0.2, 0.25) is 5.91 Å². The number of aliphatic hydroxyl groups is 1. The number of ether oxygens (including phenoxy) is 1. The summed E-state index contributed by atoms with van der Waals surface area (Å²) in [5.74, 6) is -0.665. The molecule has 0 heterocycles. The van der Waals surface area contributed by atoms with E-state index in [1.165, 1.54) is 4.90 Å². The number of para-hydroxylation sites is 1. The van der Waals surface area contributed by atoms with Crippen molar-refractivity contribution in [2.24, 2.45) is 5.73 Å². The minimum absolute atomic E-state index is 0.374. The highest BCUT2D eigenvalue weighted by atomic mass is 16.5. The average molecular weight is 487 g/mol. The lowest BCUT2D eigenvalue weighted by atomic mass is 10.00. The molecule has 0 saturated heterocycles. The van der Waals surface area contributed by atoms with Crippen molar-refractivity contribution >= 4 is 11.8 Å². The van der Waals surface area contributed by atoms with Crippen LogP contribution in [0.4, 0.5) is 0 Å². The summed E-state index contributed by atoms with van der Waals surface area (Å²) in [7, 11) is 0. The average Bonchev–Trinajstić information content (AvgIpc) is 3.65. The molecule has 0 aromatic heterocycles. The first-order valence-corrected chi connectivity index (χ1v) is 12.7. The maximum atomic E-state index is 13.8. The number of hydrogen-bond acceptors (Lipinski definition) is 4. The van der Waals surface area contributed by atoms with E-state index < -0.39 is 23.6 Å². The molecule has 1 aliphatic carbocycles. The zero-order valence-electron chi connectivity index (χ0n) is 20.7. The summed E-state index contributed by atoms with van der Waals surface area (Å²) in [6.45, 7) is 2.65. The summed E-state index contributed by atoms with van der Waals surface area (Å²) in [6.07, 6.45) is 4.97. The van der Waals surface area contributed by atoms with Crippen LogP contribution in [0.3, 0.4) is 0 Å². The van der Waals surface area contributed by atoms with Crippen molar-refractivity contribution in [2.45, 2.75) is 57.2 Å². The van der Waals surface area contributed by atoms with Crippen molar-refractivity contribution in [1.82, 2.24) is 4.90 Å². The second-order valence-corrected chi connectivity index (χ2v) is 9.35. The van der Waals surface area contributed by atoms with Crippen molar-refractivity contribution in [1.29, 1.82) is 0 Å². The van der Waals surface area contributed by atoms with Crippen molar-refractivity contribution in [3.05, 3.63) is 90.0 Å². The van der Waals surface area contributed by atoms with E-state index in [1.54, 1.807) is 30.3 Å². The quantitative estimate of drug-likeness (QED) is 0.262.